The highest BCUT2D eigenvalue weighted by molar-refractivity contribution is 5.77. The van der Waals surface area contributed by atoms with Crippen LogP contribution in [0.5, 0.6) is 0 Å². The fourth-order valence-electron chi connectivity index (χ4n) is 3.90. The van der Waals surface area contributed by atoms with Crippen LogP contribution in [0.25, 0.3) is 0 Å². The van der Waals surface area contributed by atoms with E-state index in [9.17, 15) is 4.79 Å². The van der Waals surface area contributed by atoms with E-state index < -0.39 is 0 Å². The first-order chi connectivity index (χ1) is 11.9. The number of hydrogen-bond donors (Lipinski definition) is 0. The average Bonchev–Trinajstić information content (AvgIpc) is 3.13. The van der Waals surface area contributed by atoms with Gasteiger partial charge >= 0.3 is 0 Å². The topological polar surface area (TPSA) is 65.2 Å². The van der Waals surface area contributed by atoms with Crippen LogP contribution in [0.15, 0.2) is 0 Å². The predicted octanol–water partition coefficient (Wildman–Crippen LogP) is 2.14. The molecular formula is C19H31N5O. The van der Waals surface area contributed by atoms with Gasteiger partial charge in [0.15, 0.2) is 0 Å². The number of aromatic nitrogens is 2. The minimum Gasteiger partial charge on any atom is -0.341 e. The van der Waals surface area contributed by atoms with Crippen LogP contribution in [-0.4, -0.2) is 58.7 Å². The lowest BCUT2D eigenvalue weighted by Gasteiger charge is -2.23. The average molecular weight is 345 g/mol. The Balaban J connectivity index is 1.97. The third-order valence-corrected chi connectivity index (χ3v) is 5.50. The fourth-order valence-corrected chi connectivity index (χ4v) is 3.90. The zero-order valence-corrected chi connectivity index (χ0v) is 16.2. The van der Waals surface area contributed by atoms with Gasteiger partial charge < -0.3 is 9.80 Å². The molecular weight excluding hydrogens is 314 g/mol. The molecule has 1 aromatic heterocycles. The number of carbonyl (C=O) groups is 1. The van der Waals surface area contributed by atoms with Gasteiger partial charge in [-0.25, -0.2) is 0 Å². The van der Waals surface area contributed by atoms with Crippen molar-refractivity contribution in [1.29, 1.82) is 5.26 Å². The number of rotatable bonds is 7. The second-order valence-electron chi connectivity index (χ2n) is 7.28. The van der Waals surface area contributed by atoms with Crippen molar-refractivity contribution >= 4 is 5.91 Å². The molecule has 0 aliphatic carbocycles. The van der Waals surface area contributed by atoms with E-state index in [1.54, 1.807) is 0 Å². The van der Waals surface area contributed by atoms with Gasteiger partial charge in [-0.15, -0.1) is 0 Å². The molecule has 0 spiro atoms. The van der Waals surface area contributed by atoms with E-state index in [0.29, 0.717) is 31.3 Å². The van der Waals surface area contributed by atoms with Gasteiger partial charge in [-0.3, -0.25) is 9.48 Å². The molecule has 6 nitrogen and oxygen atoms in total. The van der Waals surface area contributed by atoms with Crippen molar-refractivity contribution in [3.05, 3.63) is 17.0 Å². The number of likely N-dealkylation sites (tertiary alicyclic amines) is 1. The van der Waals surface area contributed by atoms with Gasteiger partial charge in [0.05, 0.1) is 24.7 Å². The van der Waals surface area contributed by atoms with E-state index in [1.165, 1.54) is 0 Å². The predicted molar refractivity (Wildman–Crippen MR) is 98.1 cm³/mol. The molecule has 1 fully saturated rings. The number of likely N-dealkylation sites (N-methyl/N-ethyl adjacent to an activating group) is 1. The van der Waals surface area contributed by atoms with E-state index in [-0.39, 0.29) is 5.91 Å². The summed E-state index contributed by atoms with van der Waals surface area (Å²) in [7, 11) is 4.20. The number of carbonyl (C=O) groups excluding carboxylic acids is 1. The van der Waals surface area contributed by atoms with E-state index in [4.69, 9.17) is 5.26 Å². The van der Waals surface area contributed by atoms with Crippen molar-refractivity contribution in [1.82, 2.24) is 19.6 Å². The van der Waals surface area contributed by atoms with E-state index in [2.05, 4.69) is 37.1 Å². The molecule has 2 rings (SSSR count). The molecule has 0 bridgehead atoms. The second-order valence-corrected chi connectivity index (χ2v) is 7.28. The number of amides is 1. The van der Waals surface area contributed by atoms with Gasteiger partial charge in [0, 0.05) is 31.2 Å². The Morgan fingerprint density at radius 3 is 2.64 bits per heavy atom. The van der Waals surface area contributed by atoms with Gasteiger partial charge in [-0.1, -0.05) is 13.3 Å². The van der Waals surface area contributed by atoms with Crippen LogP contribution < -0.4 is 0 Å². The highest BCUT2D eigenvalue weighted by Gasteiger charge is 2.35. The Labute approximate surface area is 151 Å². The molecule has 6 heteroatoms. The standard InChI is InChI=1S/C19H31N5O/c1-6-16-12-23(13-18(16)22(4)5)19(25)9-8-17-14(2)21-24(15(17)3)11-7-10-20/h16,18H,6-9,11-13H2,1-5H3/t16-,18-/m1/s1. The van der Waals surface area contributed by atoms with Crippen LogP contribution in [0, 0.1) is 31.1 Å². The van der Waals surface area contributed by atoms with Gasteiger partial charge in [-0.2, -0.15) is 10.4 Å². The number of hydrogen-bond acceptors (Lipinski definition) is 4. The van der Waals surface area contributed by atoms with Crippen molar-refractivity contribution in [2.24, 2.45) is 5.92 Å². The quantitative estimate of drug-likeness (QED) is 0.759. The van der Waals surface area contributed by atoms with Crippen LogP contribution in [0.1, 0.15) is 43.1 Å². The first kappa shape index (κ1) is 19.5. The SMILES string of the molecule is CC[C@@H]1CN(C(=O)CCc2c(C)nn(CCC#N)c2C)C[C@H]1N(C)C. The van der Waals surface area contributed by atoms with Crippen molar-refractivity contribution in [3.63, 3.8) is 0 Å². The lowest BCUT2D eigenvalue weighted by atomic mass is 10.0. The lowest BCUT2D eigenvalue weighted by Crippen LogP contribution is -2.36. The minimum absolute atomic E-state index is 0.242. The Morgan fingerprint density at radius 1 is 1.36 bits per heavy atom. The molecule has 0 saturated carbocycles. The maximum absolute atomic E-state index is 12.7. The van der Waals surface area contributed by atoms with Crippen molar-refractivity contribution in [3.8, 4) is 6.07 Å². The molecule has 0 N–H and O–H groups in total. The molecule has 1 aliphatic rings. The molecule has 1 aliphatic heterocycles. The summed E-state index contributed by atoms with van der Waals surface area (Å²) in [6.45, 7) is 8.55. The maximum atomic E-state index is 12.7. The molecule has 0 radical (unpaired) electrons. The highest BCUT2D eigenvalue weighted by atomic mass is 16.2. The Bertz CT molecular complexity index is 643. The van der Waals surface area contributed by atoms with Gasteiger partial charge in [0.2, 0.25) is 5.91 Å². The Kier molecular flexibility index (Phi) is 6.60. The summed E-state index contributed by atoms with van der Waals surface area (Å²) < 4.78 is 1.89. The molecule has 1 amide bonds. The fraction of sp³-hybridized carbons (Fsp3) is 0.737. The normalized spacial score (nSPS) is 20.3. The zero-order valence-electron chi connectivity index (χ0n) is 16.2. The lowest BCUT2D eigenvalue weighted by molar-refractivity contribution is -0.130. The van der Waals surface area contributed by atoms with Crippen molar-refractivity contribution in [2.45, 2.75) is 59.0 Å². The Morgan fingerprint density at radius 2 is 2.08 bits per heavy atom. The van der Waals surface area contributed by atoms with Crippen LogP contribution in [0.2, 0.25) is 0 Å². The molecule has 0 aromatic carbocycles. The number of nitriles is 1. The molecule has 25 heavy (non-hydrogen) atoms. The smallest absolute Gasteiger partial charge is 0.222 e. The maximum Gasteiger partial charge on any atom is 0.222 e. The van der Waals surface area contributed by atoms with Gasteiger partial charge in [-0.05, 0) is 45.8 Å². The van der Waals surface area contributed by atoms with E-state index >= 15 is 0 Å². The zero-order chi connectivity index (χ0) is 18.6. The molecule has 2 heterocycles. The summed E-state index contributed by atoms with van der Waals surface area (Å²) >= 11 is 0. The summed E-state index contributed by atoms with van der Waals surface area (Å²) in [5.74, 6) is 0.808. The summed E-state index contributed by atoms with van der Waals surface area (Å²) in [5.41, 5.74) is 3.21. The first-order valence-electron chi connectivity index (χ1n) is 9.23. The van der Waals surface area contributed by atoms with Crippen LogP contribution in [0.3, 0.4) is 0 Å². The summed E-state index contributed by atoms with van der Waals surface area (Å²) in [6.07, 6.45) is 2.82. The van der Waals surface area contributed by atoms with Crippen LogP contribution in [0.4, 0.5) is 0 Å². The van der Waals surface area contributed by atoms with Gasteiger partial charge in [0.25, 0.3) is 0 Å². The monoisotopic (exact) mass is 345 g/mol. The molecule has 1 aromatic rings. The van der Waals surface area contributed by atoms with Crippen LogP contribution >= 0.6 is 0 Å². The van der Waals surface area contributed by atoms with E-state index in [0.717, 1.165) is 42.9 Å². The van der Waals surface area contributed by atoms with Crippen LogP contribution in [-0.2, 0) is 17.8 Å². The third-order valence-electron chi connectivity index (χ3n) is 5.50. The largest absolute Gasteiger partial charge is 0.341 e. The Hall–Kier alpha value is -1.87. The molecule has 2 atom stereocenters. The second kappa shape index (κ2) is 8.48. The summed E-state index contributed by atoms with van der Waals surface area (Å²) in [4.78, 5) is 17.0. The summed E-state index contributed by atoms with van der Waals surface area (Å²) in [6, 6.07) is 2.62. The number of nitrogens with zero attached hydrogens (tertiary/aromatic N) is 5. The minimum atomic E-state index is 0.242. The first-order valence-corrected chi connectivity index (χ1v) is 9.23. The van der Waals surface area contributed by atoms with Crippen molar-refractivity contribution < 1.29 is 4.79 Å². The molecule has 0 unspecified atom stereocenters. The van der Waals surface area contributed by atoms with E-state index in [1.807, 2.05) is 23.4 Å². The molecule has 1 saturated heterocycles. The number of aryl methyl sites for hydroxylation is 2. The van der Waals surface area contributed by atoms with Gasteiger partial charge in [0.1, 0.15) is 0 Å². The molecule has 138 valence electrons. The summed E-state index contributed by atoms with van der Waals surface area (Å²) in [5, 5.41) is 13.3. The van der Waals surface area contributed by atoms with Crippen molar-refractivity contribution in [2.75, 3.05) is 27.2 Å². The third kappa shape index (κ3) is 4.40. The highest BCUT2D eigenvalue weighted by Crippen LogP contribution is 2.24.